The van der Waals surface area contributed by atoms with Crippen LogP contribution in [0, 0.1) is 0 Å². The summed E-state index contributed by atoms with van der Waals surface area (Å²) in [7, 11) is -1.67. The van der Waals surface area contributed by atoms with E-state index in [1.54, 1.807) is 0 Å². The van der Waals surface area contributed by atoms with Crippen molar-refractivity contribution < 1.29 is 27.9 Å². The Bertz CT molecular complexity index is 478. The van der Waals surface area contributed by atoms with E-state index in [9.17, 15) is 18.0 Å². The Morgan fingerprint density at radius 3 is 2.62 bits per heavy atom. The van der Waals surface area contributed by atoms with Crippen LogP contribution in [0.2, 0.25) is 0 Å². The summed E-state index contributed by atoms with van der Waals surface area (Å²) >= 11 is 0. The monoisotopic (exact) mass is 322 g/mol. The van der Waals surface area contributed by atoms with Crippen molar-refractivity contribution in [2.75, 3.05) is 31.8 Å². The van der Waals surface area contributed by atoms with E-state index in [-0.39, 0.29) is 17.9 Å². The van der Waals surface area contributed by atoms with Crippen LogP contribution in [0.15, 0.2) is 0 Å². The van der Waals surface area contributed by atoms with Crippen LogP contribution in [-0.4, -0.2) is 74.2 Å². The Hall–Kier alpha value is -1.19. The van der Waals surface area contributed by atoms with Crippen molar-refractivity contribution in [3.05, 3.63) is 0 Å². The highest BCUT2D eigenvalue weighted by Gasteiger charge is 2.36. The molecule has 8 nitrogen and oxygen atoms in total. The third kappa shape index (κ3) is 5.60. The Morgan fingerprint density at radius 2 is 2.14 bits per heavy atom. The summed E-state index contributed by atoms with van der Waals surface area (Å²) in [6, 6.07) is -1.45. The highest BCUT2D eigenvalue weighted by atomic mass is 32.2. The van der Waals surface area contributed by atoms with Gasteiger partial charge in [-0.15, -0.1) is 0 Å². The largest absolute Gasteiger partial charge is 0.480 e. The zero-order chi connectivity index (χ0) is 16.0. The van der Waals surface area contributed by atoms with Crippen LogP contribution in [0.4, 0.5) is 0 Å². The summed E-state index contributed by atoms with van der Waals surface area (Å²) in [4.78, 5) is 24.3. The smallest absolute Gasteiger partial charge is 0.323 e. The van der Waals surface area contributed by atoms with E-state index in [1.807, 2.05) is 0 Å². The molecule has 1 fully saturated rings. The third-order valence-electron chi connectivity index (χ3n) is 3.42. The maximum absolute atomic E-state index is 12.3. The van der Waals surface area contributed by atoms with Crippen molar-refractivity contribution in [2.45, 2.75) is 31.3 Å². The SMILES string of the molecule is COCCCC(N)C(=O)N(CC(=O)O)C1CCS(=O)(=O)C1. The number of carbonyl (C=O) groups excluding carboxylic acids is 1. The maximum Gasteiger partial charge on any atom is 0.323 e. The van der Waals surface area contributed by atoms with Gasteiger partial charge in [0.15, 0.2) is 9.84 Å². The molecule has 2 unspecified atom stereocenters. The quantitative estimate of drug-likeness (QED) is 0.540. The van der Waals surface area contributed by atoms with Crippen LogP contribution in [0.5, 0.6) is 0 Å². The van der Waals surface area contributed by atoms with E-state index in [2.05, 4.69) is 0 Å². The van der Waals surface area contributed by atoms with Gasteiger partial charge in [-0.1, -0.05) is 0 Å². The summed E-state index contributed by atoms with van der Waals surface area (Å²) in [5.41, 5.74) is 5.78. The van der Waals surface area contributed by atoms with Gasteiger partial charge in [-0.2, -0.15) is 0 Å². The summed E-state index contributed by atoms with van der Waals surface area (Å²) in [5.74, 6) is -1.93. The van der Waals surface area contributed by atoms with Gasteiger partial charge in [0.05, 0.1) is 17.5 Å². The topological polar surface area (TPSA) is 127 Å². The predicted molar refractivity (Wildman–Crippen MR) is 75.5 cm³/mol. The molecule has 1 amide bonds. The van der Waals surface area contributed by atoms with E-state index in [4.69, 9.17) is 15.6 Å². The summed E-state index contributed by atoms with van der Waals surface area (Å²) in [5, 5.41) is 8.91. The molecule has 0 aromatic heterocycles. The van der Waals surface area contributed by atoms with Crippen molar-refractivity contribution in [1.82, 2.24) is 4.90 Å². The molecule has 1 rings (SSSR count). The fraction of sp³-hybridized carbons (Fsp3) is 0.833. The van der Waals surface area contributed by atoms with Crippen molar-refractivity contribution >= 4 is 21.7 Å². The zero-order valence-corrected chi connectivity index (χ0v) is 12.8. The molecule has 21 heavy (non-hydrogen) atoms. The second-order valence-electron chi connectivity index (χ2n) is 5.16. The lowest BCUT2D eigenvalue weighted by atomic mass is 10.1. The first-order valence-electron chi connectivity index (χ1n) is 6.74. The van der Waals surface area contributed by atoms with Gasteiger partial charge in [0.1, 0.15) is 6.54 Å². The summed E-state index contributed by atoms with van der Waals surface area (Å²) in [6.07, 6.45) is 1.20. The van der Waals surface area contributed by atoms with Crippen LogP contribution in [-0.2, 0) is 24.2 Å². The second kappa shape index (κ2) is 7.71. The first-order chi connectivity index (χ1) is 9.76. The highest BCUT2D eigenvalue weighted by molar-refractivity contribution is 7.91. The molecule has 0 bridgehead atoms. The Kier molecular flexibility index (Phi) is 6.56. The highest BCUT2D eigenvalue weighted by Crippen LogP contribution is 2.19. The van der Waals surface area contributed by atoms with Crippen LogP contribution in [0.25, 0.3) is 0 Å². The van der Waals surface area contributed by atoms with Gasteiger partial charge >= 0.3 is 5.97 Å². The number of rotatable bonds is 8. The molecule has 0 spiro atoms. The fourth-order valence-corrected chi connectivity index (χ4v) is 4.07. The number of carboxylic acid groups (broad SMARTS) is 1. The summed E-state index contributed by atoms with van der Waals surface area (Å²) < 4.78 is 27.9. The average Bonchev–Trinajstić information content (AvgIpc) is 2.75. The number of hydrogen-bond donors (Lipinski definition) is 2. The lowest BCUT2D eigenvalue weighted by Crippen LogP contribution is -2.51. The molecule has 1 aliphatic heterocycles. The van der Waals surface area contributed by atoms with Gasteiger partial charge in [-0.3, -0.25) is 9.59 Å². The molecule has 0 radical (unpaired) electrons. The van der Waals surface area contributed by atoms with Gasteiger partial charge in [0.2, 0.25) is 5.91 Å². The number of nitrogens with two attached hydrogens (primary N) is 1. The Labute approximate surface area is 124 Å². The molecule has 1 aliphatic rings. The predicted octanol–water partition coefficient (Wildman–Crippen LogP) is -1.16. The molecule has 0 aromatic carbocycles. The molecular formula is C12H22N2O6S. The fourth-order valence-electron chi connectivity index (χ4n) is 2.34. The normalized spacial score (nSPS) is 21.9. The molecule has 1 heterocycles. The minimum atomic E-state index is -3.20. The summed E-state index contributed by atoms with van der Waals surface area (Å²) in [6.45, 7) is -0.0747. The molecular weight excluding hydrogens is 300 g/mol. The number of ether oxygens (including phenoxy) is 1. The number of carbonyl (C=O) groups is 2. The number of hydrogen-bond acceptors (Lipinski definition) is 6. The zero-order valence-electron chi connectivity index (χ0n) is 12.0. The number of sulfone groups is 1. The van der Waals surface area contributed by atoms with Gasteiger partial charge in [0, 0.05) is 19.8 Å². The van der Waals surface area contributed by atoms with Crippen LogP contribution in [0.1, 0.15) is 19.3 Å². The van der Waals surface area contributed by atoms with Crippen molar-refractivity contribution in [2.24, 2.45) is 5.73 Å². The van der Waals surface area contributed by atoms with Gasteiger partial charge in [0.25, 0.3) is 0 Å². The molecule has 1 saturated heterocycles. The van der Waals surface area contributed by atoms with Crippen molar-refractivity contribution in [3.8, 4) is 0 Å². The van der Waals surface area contributed by atoms with E-state index in [1.165, 1.54) is 7.11 Å². The molecule has 0 aromatic rings. The second-order valence-corrected chi connectivity index (χ2v) is 7.39. The number of nitrogens with zero attached hydrogens (tertiary/aromatic N) is 1. The molecule has 2 atom stereocenters. The average molecular weight is 322 g/mol. The van der Waals surface area contributed by atoms with Crippen molar-refractivity contribution in [1.29, 1.82) is 0 Å². The van der Waals surface area contributed by atoms with Gasteiger partial charge in [-0.05, 0) is 19.3 Å². The number of aliphatic carboxylic acids is 1. The van der Waals surface area contributed by atoms with Crippen molar-refractivity contribution in [3.63, 3.8) is 0 Å². The van der Waals surface area contributed by atoms with E-state index in [0.717, 1.165) is 4.90 Å². The van der Waals surface area contributed by atoms with Crippen LogP contribution < -0.4 is 5.73 Å². The standard InChI is InChI=1S/C12H22N2O6S/c1-20-5-2-3-10(13)12(17)14(7-11(15)16)9-4-6-21(18,19)8-9/h9-10H,2-8,13H2,1H3,(H,15,16). The maximum atomic E-state index is 12.3. The van der Waals surface area contributed by atoms with Crippen LogP contribution in [0.3, 0.4) is 0 Å². The molecule has 122 valence electrons. The number of amides is 1. The third-order valence-corrected chi connectivity index (χ3v) is 5.17. The lowest BCUT2D eigenvalue weighted by Gasteiger charge is -2.29. The minimum absolute atomic E-state index is 0.0278. The minimum Gasteiger partial charge on any atom is -0.480 e. The van der Waals surface area contributed by atoms with E-state index < -0.39 is 40.3 Å². The van der Waals surface area contributed by atoms with Gasteiger partial charge in [-0.25, -0.2) is 8.42 Å². The van der Waals surface area contributed by atoms with E-state index in [0.29, 0.717) is 19.4 Å². The molecule has 3 N–H and O–H groups in total. The van der Waals surface area contributed by atoms with E-state index >= 15 is 0 Å². The van der Waals surface area contributed by atoms with Gasteiger partial charge < -0.3 is 20.5 Å². The number of methoxy groups -OCH3 is 1. The molecule has 0 saturated carbocycles. The van der Waals surface area contributed by atoms with Crippen LogP contribution >= 0.6 is 0 Å². The number of carboxylic acids is 1. The first kappa shape index (κ1) is 17.9. The Morgan fingerprint density at radius 1 is 1.48 bits per heavy atom. The Balaban J connectivity index is 2.72. The molecule has 0 aliphatic carbocycles. The molecule has 9 heteroatoms. The first-order valence-corrected chi connectivity index (χ1v) is 8.56. The lowest BCUT2D eigenvalue weighted by molar-refractivity contribution is -0.146.